The van der Waals surface area contributed by atoms with Crippen LogP contribution in [0.5, 0.6) is 0 Å². The summed E-state index contributed by atoms with van der Waals surface area (Å²) in [6.07, 6.45) is 5.27. The van der Waals surface area contributed by atoms with Gasteiger partial charge in [-0.05, 0) is 66.3 Å². The van der Waals surface area contributed by atoms with Crippen LogP contribution in [0.15, 0.2) is 84.8 Å². The Labute approximate surface area is 272 Å². The number of thiophene rings is 1. The molecule has 2 aromatic heterocycles. The Bertz CT molecular complexity index is 1950. The summed E-state index contributed by atoms with van der Waals surface area (Å²) in [6.45, 7) is 12.0. The van der Waals surface area contributed by atoms with Crippen LogP contribution < -0.4 is 0 Å². The summed E-state index contributed by atoms with van der Waals surface area (Å²) in [6, 6.07) is 28.2. The molecule has 0 amide bonds. The van der Waals surface area contributed by atoms with Crippen molar-refractivity contribution in [3.63, 3.8) is 0 Å². The molecule has 2 heterocycles. The second kappa shape index (κ2) is 13.9. The number of rotatable bonds is 6. The number of benzene rings is 4. The van der Waals surface area contributed by atoms with Crippen LogP contribution >= 0.6 is 11.3 Å². The Morgan fingerprint density at radius 2 is 1.53 bits per heavy atom. The van der Waals surface area contributed by atoms with E-state index in [1.807, 2.05) is 17.5 Å². The third-order valence-corrected chi connectivity index (χ3v) is 8.56. The minimum Gasteiger partial charge on any atom is -0.512 e. The molecule has 223 valence electrons. The van der Waals surface area contributed by atoms with Crippen molar-refractivity contribution in [3.8, 4) is 11.3 Å². The number of aliphatic hydroxyl groups is 1. The summed E-state index contributed by atoms with van der Waals surface area (Å²) < 4.78 is 2.67. The number of aliphatic hydroxyl groups excluding tert-OH is 1. The number of allylic oxidation sites excluding steroid dienone is 2. The Morgan fingerprint density at radius 3 is 2.21 bits per heavy atom. The van der Waals surface area contributed by atoms with E-state index < -0.39 is 0 Å². The van der Waals surface area contributed by atoms with Crippen molar-refractivity contribution in [1.82, 2.24) is 4.98 Å². The van der Waals surface area contributed by atoms with Gasteiger partial charge in [0.2, 0.25) is 0 Å². The van der Waals surface area contributed by atoms with Gasteiger partial charge in [-0.1, -0.05) is 87.2 Å². The Hall–Kier alpha value is -3.37. The maximum atomic E-state index is 10.0. The molecule has 1 N–H and O–H groups in total. The van der Waals surface area contributed by atoms with Crippen LogP contribution in [-0.2, 0) is 37.7 Å². The minimum absolute atomic E-state index is 0. The molecule has 4 aromatic carbocycles. The summed E-state index contributed by atoms with van der Waals surface area (Å²) in [5.41, 5.74) is 4.99. The minimum atomic E-state index is -0.125. The van der Waals surface area contributed by atoms with E-state index in [-0.39, 0.29) is 31.6 Å². The number of fused-ring (bicyclic) bond motifs is 6. The molecule has 5 heteroatoms. The molecule has 6 aromatic rings. The van der Waals surface area contributed by atoms with Gasteiger partial charge in [-0.2, -0.15) is 0 Å². The summed E-state index contributed by atoms with van der Waals surface area (Å²) in [5.74, 6) is 1.14. The molecule has 43 heavy (non-hydrogen) atoms. The topological polar surface area (TPSA) is 50.2 Å². The van der Waals surface area contributed by atoms with E-state index in [1.165, 1.54) is 72.8 Å². The van der Waals surface area contributed by atoms with Gasteiger partial charge < -0.3 is 5.11 Å². The fourth-order valence-electron chi connectivity index (χ4n) is 5.75. The molecule has 6 rings (SSSR count). The van der Waals surface area contributed by atoms with E-state index >= 15 is 0 Å². The van der Waals surface area contributed by atoms with Gasteiger partial charge in [-0.15, -0.1) is 40.5 Å². The van der Waals surface area contributed by atoms with Gasteiger partial charge in [0, 0.05) is 52.9 Å². The first-order chi connectivity index (χ1) is 20.1. The van der Waals surface area contributed by atoms with Crippen LogP contribution in [0, 0.1) is 17.9 Å². The maximum absolute atomic E-state index is 10.0. The Balaban J connectivity index is 0.000000475. The maximum Gasteiger partial charge on any atom is 0.155 e. The number of hydrogen-bond acceptors (Lipinski definition) is 4. The van der Waals surface area contributed by atoms with Crippen LogP contribution in [0.25, 0.3) is 53.0 Å². The molecular formula is C38H38IrNO2S-. The smallest absolute Gasteiger partial charge is 0.155 e. The first-order valence-electron chi connectivity index (χ1n) is 14.7. The fraction of sp³-hybridized carbons (Fsp3) is 0.263. The molecule has 0 saturated carbocycles. The fourth-order valence-corrected chi connectivity index (χ4v) is 7.07. The van der Waals surface area contributed by atoms with E-state index in [9.17, 15) is 4.79 Å². The van der Waals surface area contributed by atoms with Gasteiger partial charge in [-0.3, -0.25) is 9.78 Å². The zero-order valence-electron chi connectivity index (χ0n) is 25.6. The van der Waals surface area contributed by atoms with Crippen LogP contribution in [0.4, 0.5) is 0 Å². The van der Waals surface area contributed by atoms with Gasteiger partial charge in [0.25, 0.3) is 0 Å². The van der Waals surface area contributed by atoms with Gasteiger partial charge in [0.05, 0.1) is 5.76 Å². The zero-order chi connectivity index (χ0) is 30.0. The molecule has 0 aliphatic heterocycles. The number of pyridine rings is 1. The van der Waals surface area contributed by atoms with Crippen molar-refractivity contribution in [1.29, 1.82) is 0 Å². The van der Waals surface area contributed by atoms with Crippen molar-refractivity contribution in [3.05, 3.63) is 102 Å². The molecule has 0 fully saturated rings. The first kappa shape index (κ1) is 32.5. The third-order valence-electron chi connectivity index (χ3n) is 7.26. The third kappa shape index (κ3) is 7.24. The molecule has 0 aliphatic rings. The predicted octanol–water partition coefficient (Wildman–Crippen LogP) is 10.7. The molecule has 0 atom stereocenters. The molecule has 0 saturated heterocycles. The van der Waals surface area contributed by atoms with E-state index in [2.05, 4.69) is 100 Å². The summed E-state index contributed by atoms with van der Waals surface area (Å²) in [4.78, 5) is 14.9. The monoisotopic (exact) mass is 765 g/mol. The van der Waals surface area contributed by atoms with Crippen molar-refractivity contribution in [2.45, 2.75) is 54.4 Å². The normalized spacial score (nSPS) is 11.8. The standard InChI is InChI=1S/C33H30NS.C5H8O2.Ir/c1-20(2)16-24-9-7-11-28-29-14-15-34-31(33(29)35-32(24)28)26-18-23-13-12-22-8-5-6-10-27(22)30(23)25(19-26)17-21(3)4;1-4(6)3-5(2)7;/h5-15,19-21H,16-17H2,1-4H3;3,6H,1-2H3;/q-1;;/b;4-3-;. The quantitative estimate of drug-likeness (QED) is 0.0795. The average molecular weight is 765 g/mol. The molecule has 0 spiro atoms. The van der Waals surface area contributed by atoms with Gasteiger partial charge in [0.15, 0.2) is 5.78 Å². The average Bonchev–Trinajstić information content (AvgIpc) is 3.32. The van der Waals surface area contributed by atoms with Crippen molar-refractivity contribution in [2.24, 2.45) is 11.8 Å². The van der Waals surface area contributed by atoms with Crippen LogP contribution in [-0.4, -0.2) is 15.9 Å². The van der Waals surface area contributed by atoms with Gasteiger partial charge in [0.1, 0.15) is 0 Å². The molecule has 3 nitrogen and oxygen atoms in total. The van der Waals surface area contributed by atoms with Crippen LogP contribution in [0.1, 0.15) is 52.7 Å². The van der Waals surface area contributed by atoms with Crippen LogP contribution in [0.3, 0.4) is 0 Å². The first-order valence-corrected chi connectivity index (χ1v) is 15.5. The number of hydrogen-bond donors (Lipinski definition) is 1. The molecule has 0 aliphatic carbocycles. The predicted molar refractivity (Wildman–Crippen MR) is 181 cm³/mol. The zero-order valence-corrected chi connectivity index (χ0v) is 28.8. The van der Waals surface area contributed by atoms with Crippen molar-refractivity contribution >= 4 is 58.8 Å². The van der Waals surface area contributed by atoms with Crippen molar-refractivity contribution < 1.29 is 30.0 Å². The summed E-state index contributed by atoms with van der Waals surface area (Å²) in [5, 5.41) is 16.1. The SMILES string of the molecule is CC(=O)/C=C(/C)O.CC(C)Cc1cccc2c1sc1c(-c3[c-]c4ccc5ccccc5c4c(CC(C)C)c3)nccc12.[Ir]. The number of ketones is 1. The van der Waals surface area contributed by atoms with E-state index in [0.717, 1.165) is 24.1 Å². The van der Waals surface area contributed by atoms with E-state index in [4.69, 9.17) is 10.1 Å². The summed E-state index contributed by atoms with van der Waals surface area (Å²) in [7, 11) is 0. The van der Waals surface area contributed by atoms with Gasteiger partial charge >= 0.3 is 0 Å². The molecule has 1 radical (unpaired) electrons. The van der Waals surface area contributed by atoms with Gasteiger partial charge in [-0.25, -0.2) is 0 Å². The Kier molecular flexibility index (Phi) is 10.6. The van der Waals surface area contributed by atoms with Crippen molar-refractivity contribution in [2.75, 3.05) is 0 Å². The van der Waals surface area contributed by atoms with Crippen LogP contribution in [0.2, 0.25) is 0 Å². The number of carbonyl (C=O) groups is 1. The number of carbonyl (C=O) groups excluding carboxylic acids is 1. The van der Waals surface area contributed by atoms with E-state index in [0.29, 0.717) is 11.8 Å². The second-order valence-corrected chi connectivity index (χ2v) is 13.0. The Morgan fingerprint density at radius 1 is 0.860 bits per heavy atom. The molecule has 0 unspecified atom stereocenters. The largest absolute Gasteiger partial charge is 0.512 e. The second-order valence-electron chi connectivity index (χ2n) is 11.9. The number of aromatic nitrogens is 1. The molecule has 0 bridgehead atoms. The number of nitrogens with zero attached hydrogens (tertiary/aromatic N) is 1. The van der Waals surface area contributed by atoms with E-state index in [1.54, 1.807) is 0 Å². The molecular weight excluding hydrogens is 727 g/mol. The summed E-state index contributed by atoms with van der Waals surface area (Å²) >= 11 is 1.90.